The Kier molecular flexibility index (Phi) is 5.62. The summed E-state index contributed by atoms with van der Waals surface area (Å²) in [5.74, 6) is -0.388. The largest absolute Gasteiger partial charge is 0.332 e. The molecule has 0 aliphatic carbocycles. The minimum Gasteiger partial charge on any atom is -0.332 e. The number of hydrogen-bond acceptors (Lipinski definition) is 2. The number of hydrogen-bond donors (Lipinski definition) is 1. The van der Waals surface area contributed by atoms with Crippen LogP contribution in [0.15, 0.2) is 24.3 Å². The van der Waals surface area contributed by atoms with Gasteiger partial charge in [-0.15, -0.1) is 0 Å². The third kappa shape index (κ3) is 4.27. The molecule has 2 N–H and O–H groups in total. The Morgan fingerprint density at radius 3 is 2.40 bits per heavy atom. The van der Waals surface area contributed by atoms with Crippen molar-refractivity contribution in [1.82, 2.24) is 4.90 Å². The molecule has 1 rings (SSSR count). The number of halogens is 2. The molecule has 0 aromatic heterocycles. The van der Waals surface area contributed by atoms with Crippen molar-refractivity contribution in [2.45, 2.75) is 32.6 Å². The van der Waals surface area contributed by atoms with E-state index in [1.165, 1.54) is 0 Å². The maximum Gasteiger partial charge on any atom is 0.255 e. The van der Waals surface area contributed by atoms with Gasteiger partial charge in [0, 0.05) is 18.7 Å². The van der Waals surface area contributed by atoms with Crippen LogP contribution >= 0.6 is 0 Å². The molecule has 0 atom stereocenters. The molecule has 0 spiro atoms. The maximum absolute atomic E-state index is 12.6. The van der Waals surface area contributed by atoms with Gasteiger partial charge >= 0.3 is 0 Å². The first-order valence-electron chi connectivity index (χ1n) is 6.64. The molecule has 20 heavy (non-hydrogen) atoms. The first-order valence-corrected chi connectivity index (χ1v) is 6.64. The SMILES string of the molecule is CC(C)(C)c1ccccc1C(=O)N(CCN)CC(F)F. The fourth-order valence-corrected chi connectivity index (χ4v) is 2.09. The second-order valence-corrected chi connectivity index (χ2v) is 5.73. The fraction of sp³-hybridized carbons (Fsp3) is 0.533. The standard InChI is InChI=1S/C15H22F2N2O/c1-15(2,3)12-7-5-4-6-11(12)14(20)19(9-8-18)10-13(16)17/h4-7,13H,8-10,18H2,1-3H3. The van der Waals surface area contributed by atoms with Gasteiger partial charge in [0.25, 0.3) is 12.3 Å². The Bertz CT molecular complexity index is 455. The van der Waals surface area contributed by atoms with Gasteiger partial charge in [-0.1, -0.05) is 39.0 Å². The van der Waals surface area contributed by atoms with E-state index in [1.807, 2.05) is 32.9 Å². The normalized spacial score (nSPS) is 11.8. The van der Waals surface area contributed by atoms with Crippen molar-refractivity contribution in [2.75, 3.05) is 19.6 Å². The van der Waals surface area contributed by atoms with Crippen molar-refractivity contribution >= 4 is 5.91 Å². The molecule has 3 nitrogen and oxygen atoms in total. The zero-order valence-corrected chi connectivity index (χ0v) is 12.2. The molecular weight excluding hydrogens is 262 g/mol. The fourth-order valence-electron chi connectivity index (χ4n) is 2.09. The van der Waals surface area contributed by atoms with Crippen LogP contribution in [-0.4, -0.2) is 36.9 Å². The van der Waals surface area contributed by atoms with E-state index in [4.69, 9.17) is 5.73 Å². The number of nitrogens with zero attached hydrogens (tertiary/aromatic N) is 1. The molecule has 1 aromatic carbocycles. The minimum atomic E-state index is -2.56. The highest BCUT2D eigenvalue weighted by Gasteiger charge is 2.25. The third-order valence-electron chi connectivity index (χ3n) is 3.01. The van der Waals surface area contributed by atoms with Gasteiger partial charge in [-0.05, 0) is 17.0 Å². The van der Waals surface area contributed by atoms with Gasteiger partial charge in [0.2, 0.25) is 0 Å². The van der Waals surface area contributed by atoms with Gasteiger partial charge in [-0.2, -0.15) is 0 Å². The number of alkyl halides is 2. The maximum atomic E-state index is 12.6. The first kappa shape index (κ1) is 16.6. The van der Waals surface area contributed by atoms with Gasteiger partial charge in [0.1, 0.15) is 0 Å². The van der Waals surface area contributed by atoms with E-state index in [0.717, 1.165) is 10.5 Å². The Morgan fingerprint density at radius 2 is 1.90 bits per heavy atom. The summed E-state index contributed by atoms with van der Waals surface area (Å²) in [4.78, 5) is 13.6. The van der Waals surface area contributed by atoms with Crippen LogP contribution in [0, 0.1) is 0 Å². The molecular formula is C15H22F2N2O. The average Bonchev–Trinajstić information content (AvgIpc) is 2.36. The summed E-state index contributed by atoms with van der Waals surface area (Å²) in [7, 11) is 0. The summed E-state index contributed by atoms with van der Waals surface area (Å²) in [5, 5.41) is 0. The Balaban J connectivity index is 3.12. The van der Waals surface area contributed by atoms with E-state index >= 15 is 0 Å². The molecule has 1 amide bonds. The Morgan fingerprint density at radius 1 is 1.30 bits per heavy atom. The molecule has 0 aliphatic rings. The van der Waals surface area contributed by atoms with Gasteiger partial charge in [-0.3, -0.25) is 4.79 Å². The summed E-state index contributed by atoms with van der Waals surface area (Å²) in [6.07, 6.45) is -2.56. The molecule has 0 unspecified atom stereocenters. The second-order valence-electron chi connectivity index (χ2n) is 5.73. The van der Waals surface area contributed by atoms with Gasteiger partial charge in [-0.25, -0.2) is 8.78 Å². The van der Waals surface area contributed by atoms with Crippen molar-refractivity contribution in [1.29, 1.82) is 0 Å². The van der Waals surface area contributed by atoms with Crippen molar-refractivity contribution in [3.8, 4) is 0 Å². The molecule has 0 fully saturated rings. The van der Waals surface area contributed by atoms with Crippen LogP contribution in [0.1, 0.15) is 36.7 Å². The van der Waals surface area contributed by atoms with Crippen molar-refractivity contribution < 1.29 is 13.6 Å². The molecule has 0 bridgehead atoms. The van der Waals surface area contributed by atoms with Gasteiger partial charge in [0.15, 0.2) is 0 Å². The summed E-state index contributed by atoms with van der Waals surface area (Å²) in [6, 6.07) is 7.12. The number of amides is 1. The summed E-state index contributed by atoms with van der Waals surface area (Å²) < 4.78 is 25.2. The quantitative estimate of drug-likeness (QED) is 0.903. The van der Waals surface area contributed by atoms with Crippen molar-refractivity contribution in [2.24, 2.45) is 5.73 Å². The number of benzene rings is 1. The van der Waals surface area contributed by atoms with Crippen LogP contribution < -0.4 is 5.73 Å². The molecule has 0 radical (unpaired) electrons. The molecule has 5 heteroatoms. The Hall–Kier alpha value is -1.49. The monoisotopic (exact) mass is 284 g/mol. The minimum absolute atomic E-state index is 0.127. The molecule has 112 valence electrons. The smallest absolute Gasteiger partial charge is 0.255 e. The average molecular weight is 284 g/mol. The van der Waals surface area contributed by atoms with E-state index < -0.39 is 13.0 Å². The van der Waals surface area contributed by atoms with Crippen LogP contribution in [0.25, 0.3) is 0 Å². The highest BCUT2D eigenvalue weighted by Crippen LogP contribution is 2.26. The van der Waals surface area contributed by atoms with Crippen LogP contribution in [0.3, 0.4) is 0 Å². The summed E-state index contributed by atoms with van der Waals surface area (Å²) in [5.41, 5.74) is 6.49. The van der Waals surface area contributed by atoms with Crippen LogP contribution in [0.5, 0.6) is 0 Å². The van der Waals surface area contributed by atoms with E-state index in [0.29, 0.717) is 5.56 Å². The van der Waals surface area contributed by atoms with Crippen LogP contribution in [-0.2, 0) is 5.41 Å². The predicted octanol–water partition coefficient (Wildman–Crippen LogP) is 2.65. The van der Waals surface area contributed by atoms with E-state index in [9.17, 15) is 13.6 Å². The van der Waals surface area contributed by atoms with Gasteiger partial charge in [0.05, 0.1) is 6.54 Å². The Labute approximate surface area is 118 Å². The lowest BCUT2D eigenvalue weighted by Gasteiger charge is -2.27. The first-order chi connectivity index (χ1) is 9.27. The highest BCUT2D eigenvalue weighted by atomic mass is 19.3. The molecule has 0 saturated carbocycles. The number of carbonyl (C=O) groups excluding carboxylic acids is 1. The third-order valence-corrected chi connectivity index (χ3v) is 3.01. The summed E-state index contributed by atoms with van der Waals surface area (Å²) in [6.45, 7) is 5.66. The van der Waals surface area contributed by atoms with E-state index in [-0.39, 0.29) is 24.4 Å². The van der Waals surface area contributed by atoms with Crippen molar-refractivity contribution in [3.63, 3.8) is 0 Å². The zero-order valence-electron chi connectivity index (χ0n) is 12.2. The highest BCUT2D eigenvalue weighted by molar-refractivity contribution is 5.96. The molecule has 0 saturated heterocycles. The second kappa shape index (κ2) is 6.79. The zero-order chi connectivity index (χ0) is 15.3. The van der Waals surface area contributed by atoms with Crippen LogP contribution in [0.4, 0.5) is 8.78 Å². The van der Waals surface area contributed by atoms with E-state index in [1.54, 1.807) is 12.1 Å². The number of rotatable bonds is 5. The number of nitrogens with two attached hydrogens (primary N) is 1. The van der Waals surface area contributed by atoms with Crippen molar-refractivity contribution in [3.05, 3.63) is 35.4 Å². The molecule has 0 aliphatic heterocycles. The molecule has 1 aromatic rings. The lowest BCUT2D eigenvalue weighted by Crippen LogP contribution is -2.39. The molecule has 0 heterocycles. The summed E-state index contributed by atoms with van der Waals surface area (Å²) >= 11 is 0. The van der Waals surface area contributed by atoms with Gasteiger partial charge < -0.3 is 10.6 Å². The van der Waals surface area contributed by atoms with Crippen LogP contribution in [0.2, 0.25) is 0 Å². The predicted molar refractivity (Wildman–Crippen MR) is 76.1 cm³/mol. The van der Waals surface area contributed by atoms with E-state index in [2.05, 4.69) is 0 Å². The topological polar surface area (TPSA) is 46.3 Å². The lowest BCUT2D eigenvalue weighted by atomic mass is 9.83. The lowest BCUT2D eigenvalue weighted by molar-refractivity contribution is 0.0561. The number of carbonyl (C=O) groups is 1.